The topological polar surface area (TPSA) is 166 Å². The zero-order valence-corrected chi connectivity index (χ0v) is 21.1. The summed E-state index contributed by atoms with van der Waals surface area (Å²) in [7, 11) is 0. The Hall–Kier alpha value is -4.28. The standard InChI is InChI=1S/C28H33N3O7/c1-18(15-36-23-10-11-26(33)25(12-23)28(30)35)24-5-3-2-4-19(24)13-31-14-20(32)16-37-21-6-8-22(9-7-21)38-17-27(29)34/h2-12,18,20,31-33H,13-17H2,1H3,(H2,29,34)(H2,30,35). The second-order valence-electron chi connectivity index (χ2n) is 8.78. The molecular formula is C28H33N3O7. The first-order valence-corrected chi connectivity index (χ1v) is 12.1. The molecule has 0 aliphatic heterocycles. The number of aromatic hydroxyl groups is 1. The van der Waals surface area contributed by atoms with Crippen LogP contribution in [-0.2, 0) is 11.3 Å². The van der Waals surface area contributed by atoms with E-state index in [1.54, 1.807) is 30.3 Å². The quantitative estimate of drug-likeness (QED) is 0.202. The summed E-state index contributed by atoms with van der Waals surface area (Å²) in [5, 5.41) is 23.3. The molecular weight excluding hydrogens is 490 g/mol. The Balaban J connectivity index is 1.45. The van der Waals surface area contributed by atoms with Gasteiger partial charge in [-0.05, 0) is 53.6 Å². The molecule has 0 saturated carbocycles. The summed E-state index contributed by atoms with van der Waals surface area (Å²) in [6.07, 6.45) is -0.734. The molecule has 0 saturated heterocycles. The Bertz CT molecular complexity index is 1220. The summed E-state index contributed by atoms with van der Waals surface area (Å²) in [6.45, 7) is 3.14. The van der Waals surface area contributed by atoms with Crippen molar-refractivity contribution in [1.29, 1.82) is 0 Å². The van der Waals surface area contributed by atoms with Crippen LogP contribution in [0.25, 0.3) is 0 Å². The van der Waals surface area contributed by atoms with Gasteiger partial charge in [0.2, 0.25) is 0 Å². The molecule has 0 fully saturated rings. The highest BCUT2D eigenvalue weighted by molar-refractivity contribution is 5.95. The number of ether oxygens (including phenoxy) is 3. The fourth-order valence-electron chi connectivity index (χ4n) is 3.70. The van der Waals surface area contributed by atoms with Gasteiger partial charge in [0.1, 0.15) is 35.7 Å². The van der Waals surface area contributed by atoms with Crippen molar-refractivity contribution in [2.24, 2.45) is 11.5 Å². The van der Waals surface area contributed by atoms with Crippen LogP contribution >= 0.6 is 0 Å². The third-order valence-corrected chi connectivity index (χ3v) is 5.66. The summed E-state index contributed by atoms with van der Waals surface area (Å²) in [4.78, 5) is 22.2. The molecule has 0 aromatic heterocycles. The number of benzene rings is 3. The highest BCUT2D eigenvalue weighted by atomic mass is 16.5. The molecule has 10 heteroatoms. The molecule has 7 N–H and O–H groups in total. The number of hydrogen-bond donors (Lipinski definition) is 5. The van der Waals surface area contributed by atoms with Crippen LogP contribution in [0.15, 0.2) is 66.7 Å². The molecule has 202 valence electrons. The minimum absolute atomic E-state index is 0.00789. The Kier molecular flexibility index (Phi) is 10.3. The Morgan fingerprint density at radius 2 is 1.53 bits per heavy atom. The summed E-state index contributed by atoms with van der Waals surface area (Å²) < 4.78 is 16.7. The van der Waals surface area contributed by atoms with Gasteiger partial charge in [0, 0.05) is 19.0 Å². The Morgan fingerprint density at radius 3 is 2.21 bits per heavy atom. The zero-order valence-electron chi connectivity index (χ0n) is 21.1. The molecule has 0 spiro atoms. The average molecular weight is 524 g/mol. The van der Waals surface area contributed by atoms with Gasteiger partial charge in [-0.25, -0.2) is 0 Å². The van der Waals surface area contributed by atoms with Crippen molar-refractivity contribution in [2.45, 2.75) is 25.5 Å². The van der Waals surface area contributed by atoms with E-state index in [2.05, 4.69) is 5.32 Å². The van der Waals surface area contributed by atoms with Crippen LogP contribution < -0.4 is 31.0 Å². The van der Waals surface area contributed by atoms with E-state index >= 15 is 0 Å². The molecule has 10 nitrogen and oxygen atoms in total. The van der Waals surface area contributed by atoms with Gasteiger partial charge < -0.3 is 41.2 Å². The Labute approximate surface area is 221 Å². The smallest absolute Gasteiger partial charge is 0.255 e. The van der Waals surface area contributed by atoms with Crippen molar-refractivity contribution in [3.63, 3.8) is 0 Å². The Morgan fingerprint density at radius 1 is 0.895 bits per heavy atom. The maximum absolute atomic E-state index is 11.4. The van der Waals surface area contributed by atoms with Gasteiger partial charge in [0.25, 0.3) is 11.8 Å². The normalized spacial score (nSPS) is 12.4. The summed E-state index contributed by atoms with van der Waals surface area (Å²) in [5.74, 6) is 0.0556. The molecule has 38 heavy (non-hydrogen) atoms. The van der Waals surface area contributed by atoms with Crippen LogP contribution in [0.4, 0.5) is 0 Å². The number of nitrogens with two attached hydrogens (primary N) is 2. The number of amides is 2. The first kappa shape index (κ1) is 28.3. The van der Waals surface area contributed by atoms with Gasteiger partial charge in [-0.2, -0.15) is 0 Å². The van der Waals surface area contributed by atoms with E-state index in [1.807, 2.05) is 31.2 Å². The van der Waals surface area contributed by atoms with E-state index in [-0.39, 0.29) is 30.4 Å². The largest absolute Gasteiger partial charge is 0.507 e. The van der Waals surface area contributed by atoms with E-state index < -0.39 is 17.9 Å². The fourth-order valence-corrected chi connectivity index (χ4v) is 3.70. The molecule has 3 aromatic carbocycles. The summed E-state index contributed by atoms with van der Waals surface area (Å²) in [6, 6.07) is 19.0. The van der Waals surface area contributed by atoms with Crippen LogP contribution in [0.5, 0.6) is 23.0 Å². The number of carbonyl (C=O) groups is 2. The number of carbonyl (C=O) groups excluding carboxylic acids is 2. The van der Waals surface area contributed by atoms with E-state index in [4.69, 9.17) is 25.7 Å². The molecule has 2 atom stereocenters. The first-order chi connectivity index (χ1) is 18.2. The summed E-state index contributed by atoms with van der Waals surface area (Å²) >= 11 is 0. The van der Waals surface area contributed by atoms with Crippen LogP contribution in [0, 0.1) is 0 Å². The van der Waals surface area contributed by atoms with Crippen molar-refractivity contribution >= 4 is 11.8 Å². The molecule has 0 heterocycles. The molecule has 0 aliphatic rings. The van der Waals surface area contributed by atoms with E-state index in [0.29, 0.717) is 36.9 Å². The van der Waals surface area contributed by atoms with Crippen LogP contribution in [0.2, 0.25) is 0 Å². The molecule has 3 rings (SSSR count). The molecule has 2 unspecified atom stereocenters. The third kappa shape index (κ3) is 8.68. The monoisotopic (exact) mass is 523 g/mol. The lowest BCUT2D eigenvalue weighted by Gasteiger charge is -2.19. The van der Waals surface area contributed by atoms with Crippen molar-refractivity contribution in [3.8, 4) is 23.0 Å². The van der Waals surface area contributed by atoms with Crippen LogP contribution in [-0.4, -0.2) is 54.5 Å². The molecule has 3 aromatic rings. The minimum Gasteiger partial charge on any atom is -0.507 e. The van der Waals surface area contributed by atoms with Crippen molar-refractivity contribution in [3.05, 3.63) is 83.4 Å². The lowest BCUT2D eigenvalue weighted by atomic mass is 9.96. The van der Waals surface area contributed by atoms with Gasteiger partial charge in [0.05, 0.1) is 12.2 Å². The van der Waals surface area contributed by atoms with Gasteiger partial charge in [0.15, 0.2) is 6.61 Å². The number of rotatable bonds is 15. The maximum atomic E-state index is 11.4. The zero-order chi connectivity index (χ0) is 27.5. The number of nitrogens with one attached hydrogen (secondary N) is 1. The lowest BCUT2D eigenvalue weighted by Crippen LogP contribution is -2.31. The number of phenols is 1. The fraction of sp³-hybridized carbons (Fsp3) is 0.286. The predicted octanol–water partition coefficient (Wildman–Crippen LogP) is 2.07. The number of aliphatic hydroxyl groups is 1. The number of primary amides is 2. The lowest BCUT2D eigenvalue weighted by molar-refractivity contribution is -0.119. The maximum Gasteiger partial charge on any atom is 0.255 e. The van der Waals surface area contributed by atoms with E-state index in [9.17, 15) is 19.8 Å². The second-order valence-corrected chi connectivity index (χ2v) is 8.78. The predicted molar refractivity (Wildman–Crippen MR) is 141 cm³/mol. The average Bonchev–Trinajstić information content (AvgIpc) is 2.90. The SMILES string of the molecule is CC(COc1ccc(O)c(C(N)=O)c1)c1ccccc1CNCC(O)COc1ccc(OCC(N)=O)cc1. The molecule has 0 bridgehead atoms. The first-order valence-electron chi connectivity index (χ1n) is 12.1. The second kappa shape index (κ2) is 13.9. The third-order valence-electron chi connectivity index (χ3n) is 5.66. The van der Waals surface area contributed by atoms with Crippen molar-refractivity contribution in [1.82, 2.24) is 5.32 Å². The highest BCUT2D eigenvalue weighted by Crippen LogP contribution is 2.25. The van der Waals surface area contributed by atoms with E-state index in [0.717, 1.165) is 11.1 Å². The number of hydrogen-bond acceptors (Lipinski definition) is 8. The van der Waals surface area contributed by atoms with Gasteiger partial charge >= 0.3 is 0 Å². The minimum atomic E-state index is -0.734. The molecule has 2 amide bonds. The molecule has 0 radical (unpaired) electrons. The highest BCUT2D eigenvalue weighted by Gasteiger charge is 2.14. The van der Waals surface area contributed by atoms with Gasteiger partial charge in [-0.1, -0.05) is 31.2 Å². The summed E-state index contributed by atoms with van der Waals surface area (Å²) in [5.41, 5.74) is 12.5. The van der Waals surface area contributed by atoms with Crippen molar-refractivity contribution < 1.29 is 34.0 Å². The number of aliphatic hydroxyl groups excluding tert-OH is 1. The van der Waals surface area contributed by atoms with Gasteiger partial charge in [-0.15, -0.1) is 0 Å². The molecule has 0 aliphatic carbocycles. The van der Waals surface area contributed by atoms with Crippen LogP contribution in [0.3, 0.4) is 0 Å². The van der Waals surface area contributed by atoms with Crippen molar-refractivity contribution in [2.75, 3.05) is 26.4 Å². The van der Waals surface area contributed by atoms with Crippen LogP contribution in [0.1, 0.15) is 34.3 Å². The van der Waals surface area contributed by atoms with Gasteiger partial charge in [-0.3, -0.25) is 9.59 Å². The van der Waals surface area contributed by atoms with E-state index in [1.165, 1.54) is 12.1 Å².